The first-order valence-electron chi connectivity index (χ1n) is 7.64. The van der Waals surface area contributed by atoms with Crippen molar-refractivity contribution in [2.24, 2.45) is 0 Å². The lowest BCUT2D eigenvalue weighted by molar-refractivity contribution is 0.417. The van der Waals surface area contributed by atoms with E-state index in [1.54, 1.807) is 34.9 Å². The van der Waals surface area contributed by atoms with Gasteiger partial charge in [-0.15, -0.1) is 0 Å². The standard InChI is InChI=1S/C17H18N2O4S2/c1-11(2)19-14-9-8-12(10-16(14)24-17(19)20)25(21,22)18-13-6-4-5-7-15(13)23-3/h4-11,18H,1-3H3. The van der Waals surface area contributed by atoms with Gasteiger partial charge < -0.3 is 4.74 Å². The summed E-state index contributed by atoms with van der Waals surface area (Å²) in [6, 6.07) is 11.5. The average Bonchev–Trinajstić information content (AvgIpc) is 2.90. The third-order valence-corrected chi connectivity index (χ3v) is 6.04. The molecule has 3 rings (SSSR count). The van der Waals surface area contributed by atoms with Crippen LogP contribution in [0.25, 0.3) is 10.2 Å². The number of thiazole rings is 1. The number of anilines is 1. The summed E-state index contributed by atoms with van der Waals surface area (Å²) in [5.41, 5.74) is 1.10. The number of rotatable bonds is 5. The highest BCUT2D eigenvalue weighted by atomic mass is 32.2. The minimum atomic E-state index is -3.80. The Balaban J connectivity index is 2.04. The number of nitrogens with one attached hydrogen (secondary N) is 1. The van der Waals surface area contributed by atoms with Crippen molar-refractivity contribution >= 4 is 37.3 Å². The van der Waals surface area contributed by atoms with E-state index in [-0.39, 0.29) is 15.8 Å². The highest BCUT2D eigenvalue weighted by Crippen LogP contribution is 2.28. The zero-order chi connectivity index (χ0) is 18.2. The van der Waals surface area contributed by atoms with E-state index < -0.39 is 10.0 Å². The molecule has 0 spiro atoms. The summed E-state index contributed by atoms with van der Waals surface area (Å²) in [6.45, 7) is 3.84. The summed E-state index contributed by atoms with van der Waals surface area (Å²) in [7, 11) is -2.32. The fraction of sp³-hybridized carbons (Fsp3) is 0.235. The van der Waals surface area contributed by atoms with Gasteiger partial charge in [-0.25, -0.2) is 8.42 Å². The average molecular weight is 378 g/mol. The van der Waals surface area contributed by atoms with Gasteiger partial charge in [0.25, 0.3) is 10.0 Å². The molecule has 1 heterocycles. The Kier molecular flexibility index (Phi) is 4.57. The Morgan fingerprint density at radius 1 is 1.16 bits per heavy atom. The van der Waals surface area contributed by atoms with E-state index >= 15 is 0 Å². The lowest BCUT2D eigenvalue weighted by Gasteiger charge is -2.12. The zero-order valence-corrected chi connectivity index (χ0v) is 15.6. The van der Waals surface area contributed by atoms with Crippen LogP contribution >= 0.6 is 11.3 Å². The lowest BCUT2D eigenvalue weighted by Crippen LogP contribution is -2.15. The molecule has 0 aliphatic heterocycles. The largest absolute Gasteiger partial charge is 0.495 e. The first-order valence-corrected chi connectivity index (χ1v) is 9.94. The molecule has 0 aliphatic rings. The molecule has 1 N–H and O–H groups in total. The number of hydrogen-bond acceptors (Lipinski definition) is 5. The zero-order valence-electron chi connectivity index (χ0n) is 14.0. The molecule has 1 aromatic heterocycles. The topological polar surface area (TPSA) is 77.4 Å². The quantitative estimate of drug-likeness (QED) is 0.738. The molecular formula is C17H18N2O4S2. The second-order valence-corrected chi connectivity index (χ2v) is 8.44. The van der Waals surface area contributed by atoms with Gasteiger partial charge in [0, 0.05) is 6.04 Å². The number of sulfonamides is 1. The van der Waals surface area contributed by atoms with Crippen LogP contribution in [0.5, 0.6) is 5.75 Å². The monoisotopic (exact) mass is 378 g/mol. The van der Waals surface area contributed by atoms with E-state index in [1.165, 1.54) is 19.2 Å². The molecule has 6 nitrogen and oxygen atoms in total. The normalized spacial score (nSPS) is 11.8. The maximum Gasteiger partial charge on any atom is 0.308 e. The van der Waals surface area contributed by atoms with E-state index in [4.69, 9.17) is 4.74 Å². The predicted octanol–water partition coefficient (Wildman–Crippen LogP) is 3.45. The van der Waals surface area contributed by atoms with Crippen molar-refractivity contribution in [3.63, 3.8) is 0 Å². The summed E-state index contributed by atoms with van der Waals surface area (Å²) in [4.78, 5) is 12.1. The molecule has 25 heavy (non-hydrogen) atoms. The van der Waals surface area contributed by atoms with E-state index in [2.05, 4.69) is 4.72 Å². The van der Waals surface area contributed by atoms with Crippen molar-refractivity contribution < 1.29 is 13.2 Å². The van der Waals surface area contributed by atoms with Crippen molar-refractivity contribution in [3.05, 3.63) is 52.1 Å². The van der Waals surface area contributed by atoms with Gasteiger partial charge in [-0.2, -0.15) is 0 Å². The van der Waals surface area contributed by atoms with Crippen LogP contribution < -0.4 is 14.3 Å². The van der Waals surface area contributed by atoms with E-state index in [0.717, 1.165) is 16.9 Å². The number of methoxy groups -OCH3 is 1. The summed E-state index contributed by atoms with van der Waals surface area (Å²) in [5, 5.41) is 0. The molecule has 8 heteroatoms. The number of ether oxygens (including phenoxy) is 1. The minimum Gasteiger partial charge on any atom is -0.495 e. The molecule has 3 aromatic rings. The van der Waals surface area contributed by atoms with Crippen LogP contribution in [0.2, 0.25) is 0 Å². The molecule has 0 radical (unpaired) electrons. The molecule has 2 aromatic carbocycles. The molecule has 0 amide bonds. The highest BCUT2D eigenvalue weighted by molar-refractivity contribution is 7.92. The minimum absolute atomic E-state index is 0.00964. The van der Waals surface area contributed by atoms with Crippen LogP contribution in [0, 0.1) is 0 Å². The molecule has 0 fully saturated rings. The lowest BCUT2D eigenvalue weighted by atomic mass is 10.3. The van der Waals surface area contributed by atoms with Gasteiger partial charge in [0.2, 0.25) is 0 Å². The van der Waals surface area contributed by atoms with Crippen LogP contribution in [0.4, 0.5) is 5.69 Å². The Hall–Kier alpha value is -2.32. The summed E-state index contributed by atoms with van der Waals surface area (Å²) in [5.74, 6) is 0.433. The maximum absolute atomic E-state index is 12.7. The number of para-hydroxylation sites is 2. The molecule has 0 aliphatic carbocycles. The number of hydrogen-bond donors (Lipinski definition) is 1. The van der Waals surface area contributed by atoms with Crippen LogP contribution in [-0.4, -0.2) is 20.1 Å². The second kappa shape index (κ2) is 6.53. The van der Waals surface area contributed by atoms with Gasteiger partial charge in [0.05, 0.1) is 27.9 Å². The Morgan fingerprint density at radius 2 is 1.88 bits per heavy atom. The Labute approximate surface area is 149 Å². The molecule has 0 unspecified atom stereocenters. The van der Waals surface area contributed by atoms with Gasteiger partial charge in [-0.05, 0) is 44.2 Å². The maximum atomic E-state index is 12.7. The number of aromatic nitrogens is 1. The molecule has 0 saturated heterocycles. The van der Waals surface area contributed by atoms with Gasteiger partial charge in [-0.1, -0.05) is 23.5 Å². The van der Waals surface area contributed by atoms with Crippen molar-refractivity contribution in [1.82, 2.24) is 4.57 Å². The van der Waals surface area contributed by atoms with Crippen molar-refractivity contribution in [2.75, 3.05) is 11.8 Å². The Morgan fingerprint density at radius 3 is 2.56 bits per heavy atom. The van der Waals surface area contributed by atoms with Crippen molar-refractivity contribution in [3.8, 4) is 5.75 Å². The third kappa shape index (κ3) is 3.27. The summed E-state index contributed by atoms with van der Waals surface area (Å²) >= 11 is 1.04. The first-order chi connectivity index (χ1) is 11.8. The van der Waals surface area contributed by atoms with Gasteiger partial charge in [-0.3, -0.25) is 14.1 Å². The molecular weight excluding hydrogens is 360 g/mol. The van der Waals surface area contributed by atoms with E-state index in [1.807, 2.05) is 13.8 Å². The molecule has 132 valence electrons. The van der Waals surface area contributed by atoms with Crippen LogP contribution in [0.3, 0.4) is 0 Å². The van der Waals surface area contributed by atoms with Gasteiger partial charge in [0.15, 0.2) is 0 Å². The van der Waals surface area contributed by atoms with Crippen molar-refractivity contribution in [2.45, 2.75) is 24.8 Å². The summed E-state index contributed by atoms with van der Waals surface area (Å²) < 4.78 is 35.4. The smallest absolute Gasteiger partial charge is 0.308 e. The Bertz CT molecular complexity index is 1080. The van der Waals surface area contributed by atoms with E-state index in [9.17, 15) is 13.2 Å². The molecule has 0 bridgehead atoms. The van der Waals surface area contributed by atoms with E-state index in [0.29, 0.717) is 16.1 Å². The first kappa shape index (κ1) is 17.5. The predicted molar refractivity (Wildman–Crippen MR) is 100 cm³/mol. The molecule has 0 atom stereocenters. The number of fused-ring (bicyclic) bond motifs is 1. The van der Waals surface area contributed by atoms with Crippen LogP contribution in [0.15, 0.2) is 52.2 Å². The molecule has 0 saturated carbocycles. The number of benzene rings is 2. The SMILES string of the molecule is COc1ccccc1NS(=O)(=O)c1ccc2c(c1)sc(=O)n2C(C)C. The van der Waals surface area contributed by atoms with Crippen LogP contribution in [-0.2, 0) is 10.0 Å². The van der Waals surface area contributed by atoms with Crippen molar-refractivity contribution in [1.29, 1.82) is 0 Å². The fourth-order valence-electron chi connectivity index (χ4n) is 2.61. The summed E-state index contributed by atoms with van der Waals surface area (Å²) in [6.07, 6.45) is 0. The van der Waals surface area contributed by atoms with Crippen LogP contribution in [0.1, 0.15) is 19.9 Å². The van der Waals surface area contributed by atoms with Gasteiger partial charge >= 0.3 is 4.87 Å². The highest BCUT2D eigenvalue weighted by Gasteiger charge is 2.19. The third-order valence-electron chi connectivity index (χ3n) is 3.76. The number of nitrogens with zero attached hydrogens (tertiary/aromatic N) is 1. The van der Waals surface area contributed by atoms with Gasteiger partial charge in [0.1, 0.15) is 5.75 Å². The fourth-order valence-corrected chi connectivity index (χ4v) is 4.83. The second-order valence-electron chi connectivity index (χ2n) is 5.77.